The molecule has 0 amide bonds. The molecule has 0 bridgehead atoms. The molecule has 1 aliphatic carbocycles. The van der Waals surface area contributed by atoms with E-state index in [1.807, 2.05) is 30.6 Å². The van der Waals surface area contributed by atoms with Gasteiger partial charge in [-0.25, -0.2) is 0 Å². The first-order valence-electron chi connectivity index (χ1n) is 9.34. The monoisotopic (exact) mass is 355 g/mol. The highest BCUT2D eigenvalue weighted by atomic mass is 16.1. The summed E-state index contributed by atoms with van der Waals surface area (Å²) in [6.45, 7) is 4.32. The van der Waals surface area contributed by atoms with Gasteiger partial charge in [-0.3, -0.25) is 14.8 Å². The van der Waals surface area contributed by atoms with Crippen molar-refractivity contribution in [3.8, 4) is 0 Å². The Labute approximate surface area is 158 Å². The van der Waals surface area contributed by atoms with E-state index >= 15 is 0 Å². The zero-order chi connectivity index (χ0) is 18.6. The number of fused-ring (bicyclic) bond motifs is 3. The summed E-state index contributed by atoms with van der Waals surface area (Å²) in [5, 5.41) is 4.67. The van der Waals surface area contributed by atoms with Gasteiger partial charge in [0.25, 0.3) is 0 Å². The van der Waals surface area contributed by atoms with Crippen molar-refractivity contribution in [1.82, 2.24) is 9.97 Å². The number of hydrogen-bond donors (Lipinski definition) is 1. The summed E-state index contributed by atoms with van der Waals surface area (Å²) in [6.07, 6.45) is 6.91. The average Bonchev–Trinajstić information content (AvgIpc) is 2.66. The highest BCUT2D eigenvalue weighted by Gasteiger charge is 2.41. The largest absolute Gasteiger partial charge is 0.358 e. The van der Waals surface area contributed by atoms with Gasteiger partial charge in [-0.15, -0.1) is 0 Å². The first-order valence-corrected chi connectivity index (χ1v) is 9.34. The number of allylic oxidation sites excluding steroid dienone is 2. The summed E-state index contributed by atoms with van der Waals surface area (Å²) in [5.74, 6) is 0.121. The molecule has 1 aliphatic heterocycles. The standard InChI is InChI=1S/C23H21N3O/c1-23(2)11-18-22(19(27)12-23)20(14-5-3-9-24-13-14)21-15-6-4-10-25-16(15)7-8-17(21)26-18/h3-10,13,20,26H,11-12H2,1-2H3. The van der Waals surface area contributed by atoms with Crippen LogP contribution < -0.4 is 5.32 Å². The summed E-state index contributed by atoms with van der Waals surface area (Å²) in [6, 6.07) is 12.2. The number of ketones is 1. The van der Waals surface area contributed by atoms with Crippen LogP contribution in [0.15, 0.2) is 66.3 Å². The molecule has 0 saturated heterocycles. The molecule has 0 saturated carbocycles. The van der Waals surface area contributed by atoms with E-state index in [9.17, 15) is 4.79 Å². The Bertz CT molecular complexity index is 1100. The molecule has 0 spiro atoms. The lowest BCUT2D eigenvalue weighted by molar-refractivity contribution is -0.118. The highest BCUT2D eigenvalue weighted by molar-refractivity contribution is 6.04. The Morgan fingerprint density at radius 1 is 1.07 bits per heavy atom. The molecule has 1 aromatic carbocycles. The van der Waals surface area contributed by atoms with Gasteiger partial charge in [0.2, 0.25) is 0 Å². The number of carbonyl (C=O) groups excluding carboxylic acids is 1. The maximum Gasteiger partial charge on any atom is 0.162 e. The summed E-state index contributed by atoms with van der Waals surface area (Å²) in [7, 11) is 0. The van der Waals surface area contributed by atoms with Crippen molar-refractivity contribution >= 4 is 22.4 Å². The minimum atomic E-state index is -0.110. The Balaban J connectivity index is 1.82. The van der Waals surface area contributed by atoms with Crippen LogP contribution in [-0.4, -0.2) is 15.8 Å². The zero-order valence-corrected chi connectivity index (χ0v) is 15.5. The van der Waals surface area contributed by atoms with Gasteiger partial charge in [0, 0.05) is 53.3 Å². The third kappa shape index (κ3) is 2.55. The molecule has 4 heteroatoms. The van der Waals surface area contributed by atoms with Crippen LogP contribution >= 0.6 is 0 Å². The smallest absolute Gasteiger partial charge is 0.162 e. The van der Waals surface area contributed by atoms with Crippen LogP contribution in [0.1, 0.15) is 43.7 Å². The Morgan fingerprint density at radius 2 is 1.93 bits per heavy atom. The SMILES string of the molecule is CC1(C)CC(=O)C2=C(C1)Nc1ccc3ncccc3c1C2c1cccnc1. The summed E-state index contributed by atoms with van der Waals surface area (Å²) < 4.78 is 0. The molecule has 5 rings (SSSR count). The van der Waals surface area contributed by atoms with Crippen molar-refractivity contribution in [2.75, 3.05) is 5.32 Å². The van der Waals surface area contributed by atoms with Crippen LogP contribution in [-0.2, 0) is 4.79 Å². The molecular formula is C23H21N3O. The molecule has 0 fully saturated rings. The lowest BCUT2D eigenvalue weighted by atomic mass is 9.68. The summed E-state index contributed by atoms with van der Waals surface area (Å²) in [5.41, 5.74) is 6.11. The number of anilines is 1. The predicted octanol–water partition coefficient (Wildman–Crippen LogP) is 4.83. The van der Waals surface area contributed by atoms with Gasteiger partial charge in [0.05, 0.1) is 5.52 Å². The van der Waals surface area contributed by atoms with Crippen molar-refractivity contribution in [3.63, 3.8) is 0 Å². The minimum absolute atomic E-state index is 0.0295. The number of nitrogens with one attached hydrogen (secondary N) is 1. The van der Waals surface area contributed by atoms with E-state index in [2.05, 4.69) is 47.3 Å². The fourth-order valence-electron chi connectivity index (χ4n) is 4.56. The first-order chi connectivity index (χ1) is 13.0. The van der Waals surface area contributed by atoms with E-state index in [1.165, 1.54) is 0 Å². The van der Waals surface area contributed by atoms with E-state index in [-0.39, 0.29) is 17.1 Å². The molecule has 1 atom stereocenters. The molecule has 2 aromatic heterocycles. The van der Waals surface area contributed by atoms with E-state index in [4.69, 9.17) is 0 Å². The average molecular weight is 355 g/mol. The van der Waals surface area contributed by atoms with Crippen molar-refractivity contribution in [1.29, 1.82) is 0 Å². The summed E-state index contributed by atoms with van der Waals surface area (Å²) >= 11 is 0. The van der Waals surface area contributed by atoms with Crippen LogP contribution in [0, 0.1) is 5.41 Å². The highest BCUT2D eigenvalue weighted by Crippen LogP contribution is 2.50. The number of hydrogen-bond acceptors (Lipinski definition) is 4. The molecule has 134 valence electrons. The third-order valence-electron chi connectivity index (χ3n) is 5.63. The van der Waals surface area contributed by atoms with Crippen molar-refractivity contribution in [2.24, 2.45) is 5.41 Å². The van der Waals surface area contributed by atoms with Crippen LogP contribution in [0.2, 0.25) is 0 Å². The predicted molar refractivity (Wildman–Crippen MR) is 106 cm³/mol. The van der Waals surface area contributed by atoms with Gasteiger partial charge in [0.15, 0.2) is 5.78 Å². The van der Waals surface area contributed by atoms with E-state index < -0.39 is 0 Å². The Hall–Kier alpha value is -3.01. The Kier molecular flexibility index (Phi) is 3.44. The molecule has 4 nitrogen and oxygen atoms in total. The van der Waals surface area contributed by atoms with Gasteiger partial charge >= 0.3 is 0 Å². The number of benzene rings is 1. The van der Waals surface area contributed by atoms with Crippen LogP contribution in [0.5, 0.6) is 0 Å². The van der Waals surface area contributed by atoms with Gasteiger partial charge < -0.3 is 5.32 Å². The number of Topliss-reactive ketones (excluding diaryl/α,β-unsaturated/α-hetero) is 1. The van der Waals surface area contributed by atoms with Crippen molar-refractivity contribution < 1.29 is 4.79 Å². The number of pyridine rings is 2. The fraction of sp³-hybridized carbons (Fsp3) is 0.261. The summed E-state index contributed by atoms with van der Waals surface area (Å²) in [4.78, 5) is 22.1. The molecule has 1 N–H and O–H groups in total. The quantitative estimate of drug-likeness (QED) is 0.679. The molecule has 1 unspecified atom stereocenters. The van der Waals surface area contributed by atoms with E-state index in [0.717, 1.165) is 45.4 Å². The first kappa shape index (κ1) is 16.2. The number of rotatable bonds is 1. The fourth-order valence-corrected chi connectivity index (χ4v) is 4.56. The Morgan fingerprint density at radius 3 is 2.74 bits per heavy atom. The van der Waals surface area contributed by atoms with Crippen LogP contribution in [0.3, 0.4) is 0 Å². The number of nitrogens with zero attached hydrogens (tertiary/aromatic N) is 2. The normalized spacial score (nSPS) is 20.8. The van der Waals surface area contributed by atoms with Gasteiger partial charge in [0.1, 0.15) is 0 Å². The van der Waals surface area contributed by atoms with Gasteiger partial charge in [-0.2, -0.15) is 0 Å². The second kappa shape index (κ2) is 5.74. The van der Waals surface area contributed by atoms with Crippen LogP contribution in [0.4, 0.5) is 5.69 Å². The second-order valence-corrected chi connectivity index (χ2v) is 8.27. The second-order valence-electron chi connectivity index (χ2n) is 8.27. The van der Waals surface area contributed by atoms with E-state index in [1.54, 1.807) is 6.20 Å². The van der Waals surface area contributed by atoms with Crippen molar-refractivity contribution in [3.05, 3.63) is 77.4 Å². The molecule has 3 heterocycles. The maximum atomic E-state index is 13.2. The van der Waals surface area contributed by atoms with Gasteiger partial charge in [-0.05, 0) is 47.2 Å². The molecular weight excluding hydrogens is 334 g/mol. The van der Waals surface area contributed by atoms with Gasteiger partial charge in [-0.1, -0.05) is 26.0 Å². The van der Waals surface area contributed by atoms with Crippen molar-refractivity contribution in [2.45, 2.75) is 32.6 Å². The van der Waals surface area contributed by atoms with E-state index in [0.29, 0.717) is 6.42 Å². The molecule has 2 aliphatic rings. The zero-order valence-electron chi connectivity index (χ0n) is 15.5. The maximum absolute atomic E-state index is 13.2. The lowest BCUT2D eigenvalue weighted by Gasteiger charge is -2.39. The number of aromatic nitrogens is 2. The molecule has 27 heavy (non-hydrogen) atoms. The topological polar surface area (TPSA) is 54.9 Å². The lowest BCUT2D eigenvalue weighted by Crippen LogP contribution is -2.34. The van der Waals surface area contributed by atoms with Crippen LogP contribution in [0.25, 0.3) is 10.9 Å². The third-order valence-corrected chi connectivity index (χ3v) is 5.63. The minimum Gasteiger partial charge on any atom is -0.358 e. The molecule has 0 radical (unpaired) electrons. The molecule has 3 aromatic rings. The number of carbonyl (C=O) groups is 1.